The van der Waals surface area contributed by atoms with Crippen LogP contribution in [0.5, 0.6) is 0 Å². The van der Waals surface area contributed by atoms with Gasteiger partial charge in [-0.2, -0.15) is 4.98 Å². The summed E-state index contributed by atoms with van der Waals surface area (Å²) in [6, 6.07) is 1.28. The fraction of sp³-hybridized carbons (Fsp3) is 0.538. The van der Waals surface area contributed by atoms with Crippen LogP contribution in [0.3, 0.4) is 0 Å². The number of aromatic nitrogens is 3. The molecule has 1 fully saturated rings. The SMILES string of the molecule is CC(C)NS(=O)(=O)c1c[nH]c(-c2nc(C3(N)CCC3)no2)c1. The number of hydrogen-bond donors (Lipinski definition) is 3. The van der Waals surface area contributed by atoms with Gasteiger partial charge < -0.3 is 15.2 Å². The normalized spacial score (nSPS) is 17.6. The summed E-state index contributed by atoms with van der Waals surface area (Å²) in [4.78, 5) is 7.25. The van der Waals surface area contributed by atoms with Crippen LogP contribution in [0.15, 0.2) is 21.7 Å². The fourth-order valence-electron chi connectivity index (χ4n) is 2.35. The third kappa shape index (κ3) is 2.67. The highest BCUT2D eigenvalue weighted by Crippen LogP contribution is 2.37. The van der Waals surface area contributed by atoms with Crippen LogP contribution in [0.4, 0.5) is 0 Å². The second-order valence-electron chi connectivity index (χ2n) is 5.96. The topological polar surface area (TPSA) is 127 Å². The van der Waals surface area contributed by atoms with E-state index in [0.717, 1.165) is 19.3 Å². The summed E-state index contributed by atoms with van der Waals surface area (Å²) in [5.74, 6) is 0.700. The zero-order chi connectivity index (χ0) is 16.0. The molecule has 22 heavy (non-hydrogen) atoms. The Kier molecular flexibility index (Phi) is 3.58. The van der Waals surface area contributed by atoms with Crippen molar-refractivity contribution in [2.45, 2.75) is 49.6 Å². The van der Waals surface area contributed by atoms with Crippen molar-refractivity contribution in [2.24, 2.45) is 5.73 Å². The lowest BCUT2D eigenvalue weighted by Gasteiger charge is -2.34. The van der Waals surface area contributed by atoms with Crippen molar-refractivity contribution in [3.05, 3.63) is 18.1 Å². The van der Waals surface area contributed by atoms with E-state index in [1.54, 1.807) is 13.8 Å². The molecular weight excluding hydrogens is 306 g/mol. The predicted octanol–water partition coefficient (Wildman–Crippen LogP) is 1.09. The molecule has 2 aromatic heterocycles. The minimum absolute atomic E-state index is 0.127. The lowest BCUT2D eigenvalue weighted by atomic mass is 9.77. The molecule has 1 saturated carbocycles. The summed E-state index contributed by atoms with van der Waals surface area (Å²) in [5, 5.41) is 3.91. The van der Waals surface area contributed by atoms with Gasteiger partial charge in [0, 0.05) is 12.2 Å². The van der Waals surface area contributed by atoms with E-state index >= 15 is 0 Å². The maximum absolute atomic E-state index is 12.1. The first-order valence-electron chi connectivity index (χ1n) is 7.14. The molecule has 1 aliphatic rings. The first-order chi connectivity index (χ1) is 10.3. The maximum atomic E-state index is 12.1. The average Bonchev–Trinajstić information content (AvgIpc) is 3.03. The molecule has 0 radical (unpaired) electrons. The summed E-state index contributed by atoms with van der Waals surface area (Å²) in [6.07, 6.45) is 4.10. The standard InChI is InChI=1S/C13H19N5O3S/c1-8(2)18-22(19,20)9-6-10(15-7-9)11-16-12(17-21-11)13(14)4-3-5-13/h6-8,15,18H,3-5,14H2,1-2H3. The molecular formula is C13H19N5O3S. The van der Waals surface area contributed by atoms with E-state index in [9.17, 15) is 8.42 Å². The van der Waals surface area contributed by atoms with E-state index < -0.39 is 15.6 Å². The molecule has 120 valence electrons. The third-order valence-electron chi connectivity index (χ3n) is 3.71. The van der Waals surface area contributed by atoms with Crippen LogP contribution in [0.1, 0.15) is 38.9 Å². The minimum Gasteiger partial charge on any atom is -0.356 e. The average molecular weight is 325 g/mol. The Bertz CT molecular complexity index is 773. The summed E-state index contributed by atoms with van der Waals surface area (Å²) in [7, 11) is -3.56. The van der Waals surface area contributed by atoms with Gasteiger partial charge in [-0.15, -0.1) is 0 Å². The van der Waals surface area contributed by atoms with Crippen molar-refractivity contribution < 1.29 is 12.9 Å². The van der Waals surface area contributed by atoms with Gasteiger partial charge in [0.1, 0.15) is 10.6 Å². The van der Waals surface area contributed by atoms with Crippen LogP contribution < -0.4 is 10.5 Å². The molecule has 2 aromatic rings. The van der Waals surface area contributed by atoms with E-state index in [4.69, 9.17) is 10.3 Å². The summed E-state index contributed by atoms with van der Waals surface area (Å²) in [5.41, 5.74) is 6.08. The monoisotopic (exact) mass is 325 g/mol. The predicted molar refractivity (Wildman–Crippen MR) is 79.3 cm³/mol. The highest BCUT2D eigenvalue weighted by Gasteiger charge is 2.39. The Labute approximate surface area is 128 Å². The Morgan fingerprint density at radius 3 is 2.77 bits per heavy atom. The van der Waals surface area contributed by atoms with Crippen molar-refractivity contribution in [3.63, 3.8) is 0 Å². The number of hydrogen-bond acceptors (Lipinski definition) is 6. The third-order valence-corrected chi connectivity index (χ3v) is 5.34. The molecule has 2 heterocycles. The Balaban J connectivity index is 1.85. The molecule has 0 unspecified atom stereocenters. The smallest absolute Gasteiger partial charge is 0.274 e. The molecule has 0 amide bonds. The lowest BCUT2D eigenvalue weighted by molar-refractivity contribution is 0.229. The summed E-state index contributed by atoms with van der Waals surface area (Å²) in [6.45, 7) is 3.52. The summed E-state index contributed by atoms with van der Waals surface area (Å²) >= 11 is 0. The number of nitrogens with one attached hydrogen (secondary N) is 2. The van der Waals surface area contributed by atoms with Crippen molar-refractivity contribution in [1.82, 2.24) is 19.8 Å². The van der Waals surface area contributed by atoms with Gasteiger partial charge in [0.2, 0.25) is 10.0 Å². The van der Waals surface area contributed by atoms with E-state index in [0.29, 0.717) is 11.5 Å². The summed E-state index contributed by atoms with van der Waals surface area (Å²) < 4.78 is 31.9. The van der Waals surface area contributed by atoms with Crippen LogP contribution in [0.25, 0.3) is 11.6 Å². The van der Waals surface area contributed by atoms with Gasteiger partial charge in [0.25, 0.3) is 5.89 Å². The minimum atomic E-state index is -3.56. The van der Waals surface area contributed by atoms with E-state index in [1.807, 2.05) is 0 Å². The van der Waals surface area contributed by atoms with Gasteiger partial charge >= 0.3 is 0 Å². The zero-order valence-electron chi connectivity index (χ0n) is 12.5. The second-order valence-corrected chi connectivity index (χ2v) is 7.67. The molecule has 0 spiro atoms. The molecule has 0 bridgehead atoms. The number of nitrogens with zero attached hydrogens (tertiary/aromatic N) is 2. The maximum Gasteiger partial charge on any atom is 0.274 e. The molecule has 4 N–H and O–H groups in total. The van der Waals surface area contributed by atoms with Crippen molar-refractivity contribution in [3.8, 4) is 11.6 Å². The largest absolute Gasteiger partial charge is 0.356 e. The number of aromatic amines is 1. The second kappa shape index (κ2) is 5.18. The van der Waals surface area contributed by atoms with Gasteiger partial charge in [0.15, 0.2) is 5.82 Å². The first kappa shape index (κ1) is 15.2. The molecule has 0 saturated heterocycles. The van der Waals surface area contributed by atoms with Crippen LogP contribution in [-0.2, 0) is 15.6 Å². The van der Waals surface area contributed by atoms with Gasteiger partial charge in [-0.3, -0.25) is 0 Å². The highest BCUT2D eigenvalue weighted by molar-refractivity contribution is 7.89. The van der Waals surface area contributed by atoms with Crippen LogP contribution >= 0.6 is 0 Å². The number of nitrogens with two attached hydrogens (primary N) is 1. The van der Waals surface area contributed by atoms with Crippen molar-refractivity contribution in [1.29, 1.82) is 0 Å². The van der Waals surface area contributed by atoms with Gasteiger partial charge in [0.05, 0.1) is 5.54 Å². The quantitative estimate of drug-likeness (QED) is 0.755. The van der Waals surface area contributed by atoms with Crippen LogP contribution in [-0.4, -0.2) is 29.6 Å². The van der Waals surface area contributed by atoms with E-state index in [-0.39, 0.29) is 16.8 Å². The molecule has 0 atom stereocenters. The molecule has 3 rings (SSSR count). The van der Waals surface area contributed by atoms with Gasteiger partial charge in [-0.05, 0) is 39.2 Å². The number of rotatable bonds is 5. The van der Waals surface area contributed by atoms with Crippen LogP contribution in [0.2, 0.25) is 0 Å². The Morgan fingerprint density at radius 2 is 2.18 bits per heavy atom. The molecule has 8 nitrogen and oxygen atoms in total. The van der Waals surface area contributed by atoms with Gasteiger partial charge in [-0.25, -0.2) is 13.1 Å². The van der Waals surface area contributed by atoms with Crippen LogP contribution in [0, 0.1) is 0 Å². The van der Waals surface area contributed by atoms with E-state index in [2.05, 4.69) is 19.8 Å². The molecule has 1 aliphatic carbocycles. The molecule has 0 aliphatic heterocycles. The zero-order valence-corrected chi connectivity index (χ0v) is 13.3. The van der Waals surface area contributed by atoms with Gasteiger partial charge in [-0.1, -0.05) is 5.16 Å². The van der Waals surface area contributed by atoms with E-state index in [1.165, 1.54) is 12.3 Å². The molecule has 0 aromatic carbocycles. The highest BCUT2D eigenvalue weighted by atomic mass is 32.2. The lowest BCUT2D eigenvalue weighted by Crippen LogP contribution is -2.44. The van der Waals surface area contributed by atoms with Crippen molar-refractivity contribution >= 4 is 10.0 Å². The number of sulfonamides is 1. The number of H-pyrrole nitrogens is 1. The molecule has 9 heteroatoms. The first-order valence-corrected chi connectivity index (χ1v) is 8.63. The Morgan fingerprint density at radius 1 is 1.45 bits per heavy atom. The van der Waals surface area contributed by atoms with Crippen molar-refractivity contribution in [2.75, 3.05) is 0 Å². The fourth-order valence-corrected chi connectivity index (χ4v) is 3.59. The Hall–Kier alpha value is -1.71.